The van der Waals surface area contributed by atoms with Crippen LogP contribution in [0.1, 0.15) is 41.0 Å². The third kappa shape index (κ3) is 3.41. The number of halogens is 1. The number of H-pyrrole nitrogens is 1. The highest BCUT2D eigenvalue weighted by molar-refractivity contribution is 6.33. The Morgan fingerprint density at radius 2 is 1.97 bits per heavy atom. The van der Waals surface area contributed by atoms with Gasteiger partial charge in [0.25, 0.3) is 5.91 Å². The van der Waals surface area contributed by atoms with E-state index in [-0.39, 0.29) is 11.3 Å². The number of hydrogen-bond donors (Lipinski definition) is 2. The zero-order valence-corrected chi connectivity index (χ0v) is 18.7. The van der Waals surface area contributed by atoms with Crippen LogP contribution in [0.25, 0.3) is 16.7 Å². The summed E-state index contributed by atoms with van der Waals surface area (Å²) in [6, 6.07) is 16.7. The number of aromatic nitrogens is 7. The molecule has 3 aromatic heterocycles. The Bertz CT molecular complexity index is 1490. The minimum absolute atomic E-state index is 0.253. The minimum Gasteiger partial charge on any atom is -0.341 e. The molecule has 1 saturated carbocycles. The third-order valence-electron chi connectivity index (χ3n) is 6.40. The number of pyridine rings is 1. The van der Waals surface area contributed by atoms with Crippen molar-refractivity contribution in [2.75, 3.05) is 5.32 Å². The number of tetrazole rings is 1. The molecule has 1 fully saturated rings. The first-order valence-electron chi connectivity index (χ1n) is 10.9. The smallest absolute Gasteiger partial charge is 0.256 e. The number of nitrogens with zero attached hydrogens (tertiary/aromatic N) is 6. The van der Waals surface area contributed by atoms with Crippen LogP contribution >= 0.6 is 11.6 Å². The van der Waals surface area contributed by atoms with Crippen LogP contribution < -0.4 is 5.32 Å². The fourth-order valence-electron chi connectivity index (χ4n) is 4.40. The lowest BCUT2D eigenvalue weighted by atomic mass is 9.64. The Balaban J connectivity index is 1.32. The molecular formula is C24H19ClN8O. The molecule has 1 amide bonds. The van der Waals surface area contributed by atoms with Crippen molar-refractivity contribution in [3.63, 3.8) is 0 Å². The molecule has 168 valence electrons. The Labute approximate surface area is 199 Å². The average molecular weight is 471 g/mol. The second-order valence-electron chi connectivity index (χ2n) is 8.35. The van der Waals surface area contributed by atoms with Crippen molar-refractivity contribution in [3.8, 4) is 5.69 Å². The van der Waals surface area contributed by atoms with E-state index < -0.39 is 0 Å². The molecule has 10 heteroatoms. The Hall–Kier alpha value is -4.11. The summed E-state index contributed by atoms with van der Waals surface area (Å²) < 4.78 is 1.60. The second-order valence-corrected chi connectivity index (χ2v) is 8.76. The van der Waals surface area contributed by atoms with E-state index in [0.717, 1.165) is 47.4 Å². The molecular weight excluding hydrogens is 452 g/mol. The number of imidazole rings is 1. The highest BCUT2D eigenvalue weighted by Crippen LogP contribution is 2.49. The lowest BCUT2D eigenvalue weighted by Gasteiger charge is -2.40. The molecule has 1 aliphatic carbocycles. The second kappa shape index (κ2) is 8.03. The van der Waals surface area contributed by atoms with Crippen molar-refractivity contribution >= 4 is 34.4 Å². The molecule has 0 atom stereocenters. The van der Waals surface area contributed by atoms with Gasteiger partial charge in [-0.1, -0.05) is 36.2 Å². The molecule has 9 nitrogen and oxygen atoms in total. The van der Waals surface area contributed by atoms with E-state index in [0.29, 0.717) is 16.4 Å². The summed E-state index contributed by atoms with van der Waals surface area (Å²) in [6.07, 6.45) is 6.28. The fraction of sp³-hybridized carbons (Fsp3) is 0.167. The van der Waals surface area contributed by atoms with Crippen LogP contribution in [0.5, 0.6) is 0 Å². The van der Waals surface area contributed by atoms with E-state index in [1.165, 1.54) is 0 Å². The van der Waals surface area contributed by atoms with Gasteiger partial charge in [0, 0.05) is 11.8 Å². The molecule has 2 N–H and O–H groups in total. The molecule has 3 heterocycles. The predicted molar refractivity (Wildman–Crippen MR) is 127 cm³/mol. The summed E-state index contributed by atoms with van der Waals surface area (Å²) in [5.41, 5.74) is 3.83. The van der Waals surface area contributed by atoms with Crippen molar-refractivity contribution in [2.45, 2.75) is 24.7 Å². The Morgan fingerprint density at radius 1 is 1.12 bits per heavy atom. The lowest BCUT2D eigenvalue weighted by molar-refractivity contribution is 0.102. The van der Waals surface area contributed by atoms with Crippen molar-refractivity contribution in [3.05, 3.63) is 89.1 Å². The standard InChI is InChI=1S/C24H19ClN8O/c25-18-11-16(13-26-21(18)30-22(34)15-5-2-1-3-6-15)24(9-4-10-24)23-28-19-8-7-17(12-20(19)29-23)33-14-27-31-32-33/h1-3,5-8,11-14H,4,9-10H2,(H,28,29)(H,26,30,34). The fourth-order valence-corrected chi connectivity index (χ4v) is 4.61. The van der Waals surface area contributed by atoms with Crippen LogP contribution in [0.3, 0.4) is 0 Å². The zero-order chi connectivity index (χ0) is 23.1. The van der Waals surface area contributed by atoms with E-state index in [9.17, 15) is 4.79 Å². The average Bonchev–Trinajstić information content (AvgIpc) is 3.50. The van der Waals surface area contributed by atoms with Gasteiger partial charge in [0.1, 0.15) is 12.2 Å². The van der Waals surface area contributed by atoms with E-state index in [1.807, 2.05) is 42.5 Å². The number of aromatic amines is 1. The van der Waals surface area contributed by atoms with E-state index >= 15 is 0 Å². The minimum atomic E-state index is -0.299. The van der Waals surface area contributed by atoms with Crippen molar-refractivity contribution in [1.29, 1.82) is 0 Å². The summed E-state index contributed by atoms with van der Waals surface area (Å²) in [5.74, 6) is 0.961. The van der Waals surface area contributed by atoms with Gasteiger partial charge in [0.05, 0.1) is 27.2 Å². The van der Waals surface area contributed by atoms with Crippen LogP contribution in [0.4, 0.5) is 5.82 Å². The molecule has 2 aromatic carbocycles. The topological polar surface area (TPSA) is 114 Å². The third-order valence-corrected chi connectivity index (χ3v) is 6.69. The first kappa shape index (κ1) is 20.5. The number of carbonyl (C=O) groups excluding carboxylic acids is 1. The summed E-state index contributed by atoms with van der Waals surface area (Å²) in [7, 11) is 0. The van der Waals surface area contributed by atoms with Crippen LogP contribution in [0.15, 0.2) is 67.1 Å². The molecule has 1 aliphatic rings. The summed E-state index contributed by atoms with van der Waals surface area (Å²) in [4.78, 5) is 25.4. The highest BCUT2D eigenvalue weighted by Gasteiger charge is 2.43. The molecule has 5 aromatic rings. The SMILES string of the molecule is O=C(Nc1ncc(C2(c3nc4ccc(-n5cnnn5)cc4[nH]3)CCC2)cc1Cl)c1ccccc1. The van der Waals surface area contributed by atoms with Crippen molar-refractivity contribution < 1.29 is 4.79 Å². The largest absolute Gasteiger partial charge is 0.341 e. The van der Waals surface area contributed by atoms with E-state index in [1.54, 1.807) is 29.3 Å². The van der Waals surface area contributed by atoms with Gasteiger partial charge < -0.3 is 10.3 Å². The first-order valence-corrected chi connectivity index (χ1v) is 11.3. The monoisotopic (exact) mass is 470 g/mol. The molecule has 6 rings (SSSR count). The maximum absolute atomic E-state index is 12.5. The molecule has 0 spiro atoms. The molecule has 0 saturated heterocycles. The predicted octanol–water partition coefficient (Wildman–Crippen LogP) is 4.31. The van der Waals surface area contributed by atoms with Crippen LogP contribution in [-0.2, 0) is 5.41 Å². The van der Waals surface area contributed by atoms with Gasteiger partial charge in [-0.2, -0.15) is 0 Å². The van der Waals surface area contributed by atoms with Gasteiger partial charge in [-0.25, -0.2) is 14.6 Å². The van der Waals surface area contributed by atoms with Crippen LogP contribution in [0.2, 0.25) is 5.02 Å². The van der Waals surface area contributed by atoms with Gasteiger partial charge in [0.15, 0.2) is 5.82 Å². The van der Waals surface area contributed by atoms with Crippen LogP contribution in [-0.4, -0.2) is 41.1 Å². The van der Waals surface area contributed by atoms with Crippen molar-refractivity contribution in [2.24, 2.45) is 0 Å². The molecule has 34 heavy (non-hydrogen) atoms. The number of anilines is 1. The lowest BCUT2D eigenvalue weighted by Crippen LogP contribution is -2.36. The summed E-state index contributed by atoms with van der Waals surface area (Å²) in [5, 5.41) is 14.5. The highest BCUT2D eigenvalue weighted by atomic mass is 35.5. The molecule has 0 radical (unpaired) electrons. The number of benzene rings is 2. The van der Waals surface area contributed by atoms with E-state index in [4.69, 9.17) is 16.6 Å². The molecule has 0 bridgehead atoms. The zero-order valence-electron chi connectivity index (χ0n) is 17.9. The Morgan fingerprint density at radius 3 is 2.68 bits per heavy atom. The van der Waals surface area contributed by atoms with E-state index in [2.05, 4.69) is 30.8 Å². The quantitative estimate of drug-likeness (QED) is 0.395. The van der Waals surface area contributed by atoms with Gasteiger partial charge in [-0.15, -0.1) is 5.10 Å². The number of hydrogen-bond acceptors (Lipinski definition) is 6. The normalized spacial score (nSPS) is 14.6. The van der Waals surface area contributed by atoms with Crippen LogP contribution in [0, 0.1) is 0 Å². The van der Waals surface area contributed by atoms with Gasteiger partial charge >= 0.3 is 0 Å². The summed E-state index contributed by atoms with van der Waals surface area (Å²) >= 11 is 6.56. The number of carbonyl (C=O) groups is 1. The summed E-state index contributed by atoms with van der Waals surface area (Å²) in [6.45, 7) is 0. The van der Waals surface area contributed by atoms with Gasteiger partial charge in [0.2, 0.25) is 0 Å². The van der Waals surface area contributed by atoms with Gasteiger partial charge in [-0.05, 0) is 65.2 Å². The Kier molecular flexibility index (Phi) is 4.84. The number of nitrogens with one attached hydrogen (secondary N) is 2. The maximum atomic E-state index is 12.5. The van der Waals surface area contributed by atoms with Gasteiger partial charge in [-0.3, -0.25) is 4.79 Å². The first-order chi connectivity index (χ1) is 16.6. The number of amides is 1. The number of fused-ring (bicyclic) bond motifs is 1. The number of rotatable bonds is 5. The molecule has 0 aliphatic heterocycles. The maximum Gasteiger partial charge on any atom is 0.256 e. The molecule has 0 unspecified atom stereocenters. The van der Waals surface area contributed by atoms with Crippen molar-refractivity contribution in [1.82, 2.24) is 35.2 Å².